The molecule has 3 nitrogen and oxygen atoms in total. The predicted octanol–water partition coefficient (Wildman–Crippen LogP) is 2.64. The van der Waals surface area contributed by atoms with Crippen molar-refractivity contribution in [3.05, 3.63) is 24.0 Å². The molecular formula is C15H27N3. The van der Waals surface area contributed by atoms with Gasteiger partial charge in [-0.25, -0.2) is 0 Å². The number of nitrogens with one attached hydrogen (secondary N) is 1. The first kappa shape index (κ1) is 13.6. The van der Waals surface area contributed by atoms with Gasteiger partial charge in [-0.05, 0) is 59.0 Å². The molecule has 1 fully saturated rings. The number of likely N-dealkylation sites (tertiary alicyclic amines) is 1. The average Bonchev–Trinajstić information content (AvgIpc) is 2.85. The minimum absolute atomic E-state index is 0.434. The topological polar surface area (TPSA) is 20.2 Å². The first-order valence-electron chi connectivity index (χ1n) is 7.25. The van der Waals surface area contributed by atoms with Crippen LogP contribution < -0.4 is 5.32 Å². The first-order valence-corrected chi connectivity index (χ1v) is 7.25. The number of rotatable bonds is 5. The minimum Gasteiger partial charge on any atom is -0.350 e. The summed E-state index contributed by atoms with van der Waals surface area (Å²) in [5.74, 6) is 0. The van der Waals surface area contributed by atoms with Crippen molar-refractivity contribution in [1.29, 1.82) is 0 Å². The monoisotopic (exact) mass is 249 g/mol. The molecule has 2 unspecified atom stereocenters. The number of piperidine rings is 1. The van der Waals surface area contributed by atoms with Crippen molar-refractivity contribution < 1.29 is 0 Å². The van der Waals surface area contributed by atoms with Gasteiger partial charge in [-0.1, -0.05) is 6.42 Å². The van der Waals surface area contributed by atoms with Gasteiger partial charge in [0.15, 0.2) is 0 Å². The van der Waals surface area contributed by atoms with Crippen LogP contribution in [0, 0.1) is 0 Å². The van der Waals surface area contributed by atoms with Crippen molar-refractivity contribution in [2.24, 2.45) is 0 Å². The third-order valence-electron chi connectivity index (χ3n) is 4.37. The summed E-state index contributed by atoms with van der Waals surface area (Å²) >= 11 is 0. The van der Waals surface area contributed by atoms with Gasteiger partial charge in [0.25, 0.3) is 0 Å². The maximum atomic E-state index is 3.32. The molecule has 102 valence electrons. The molecule has 1 aliphatic rings. The second-order valence-electron chi connectivity index (χ2n) is 5.56. The van der Waals surface area contributed by atoms with Gasteiger partial charge in [-0.15, -0.1) is 0 Å². The lowest BCUT2D eigenvalue weighted by Gasteiger charge is -2.32. The Hall–Kier alpha value is -0.800. The summed E-state index contributed by atoms with van der Waals surface area (Å²) in [5, 5.41) is 3.32. The molecule has 0 aromatic carbocycles. The summed E-state index contributed by atoms with van der Waals surface area (Å²) in [5.41, 5.74) is 1.40. The summed E-state index contributed by atoms with van der Waals surface area (Å²) in [4.78, 5) is 2.54. The van der Waals surface area contributed by atoms with E-state index in [2.05, 4.69) is 47.1 Å². The van der Waals surface area contributed by atoms with Crippen molar-refractivity contribution in [3.8, 4) is 0 Å². The Morgan fingerprint density at radius 2 is 2.28 bits per heavy atom. The number of hydrogen-bond acceptors (Lipinski definition) is 2. The second kappa shape index (κ2) is 6.39. The molecule has 2 atom stereocenters. The van der Waals surface area contributed by atoms with E-state index in [0.717, 1.165) is 12.6 Å². The zero-order valence-corrected chi connectivity index (χ0v) is 12.0. The molecule has 0 aliphatic carbocycles. The highest BCUT2D eigenvalue weighted by molar-refractivity contribution is 5.11. The zero-order chi connectivity index (χ0) is 13.0. The van der Waals surface area contributed by atoms with Gasteiger partial charge in [-0.3, -0.25) is 0 Å². The van der Waals surface area contributed by atoms with Gasteiger partial charge in [-0.2, -0.15) is 0 Å². The highest BCUT2D eigenvalue weighted by Gasteiger charge is 2.19. The standard InChI is InChI=1S/C15H27N3/c1-13(16-2)15-8-6-11-18(15)12-9-14-7-4-5-10-17(14)3/h6,8,11,13-14,16H,4-5,7,9-10,12H2,1-3H3. The Balaban J connectivity index is 1.91. The summed E-state index contributed by atoms with van der Waals surface area (Å²) in [6.45, 7) is 4.64. The Morgan fingerprint density at radius 1 is 1.44 bits per heavy atom. The molecule has 0 saturated carbocycles. The number of aromatic nitrogens is 1. The van der Waals surface area contributed by atoms with E-state index in [1.165, 1.54) is 37.9 Å². The molecule has 0 spiro atoms. The van der Waals surface area contributed by atoms with E-state index in [9.17, 15) is 0 Å². The Bertz CT molecular complexity index is 358. The van der Waals surface area contributed by atoms with Crippen molar-refractivity contribution in [2.45, 2.75) is 51.2 Å². The van der Waals surface area contributed by atoms with Crippen LogP contribution >= 0.6 is 0 Å². The van der Waals surface area contributed by atoms with Gasteiger partial charge >= 0.3 is 0 Å². The first-order chi connectivity index (χ1) is 8.72. The van der Waals surface area contributed by atoms with E-state index in [1.807, 2.05) is 7.05 Å². The number of hydrogen-bond donors (Lipinski definition) is 1. The van der Waals surface area contributed by atoms with Crippen molar-refractivity contribution in [2.75, 3.05) is 20.6 Å². The Morgan fingerprint density at radius 3 is 3.00 bits per heavy atom. The van der Waals surface area contributed by atoms with Crippen LogP contribution in [0.5, 0.6) is 0 Å². The minimum atomic E-state index is 0.434. The zero-order valence-electron chi connectivity index (χ0n) is 12.0. The third kappa shape index (κ3) is 3.15. The molecule has 0 bridgehead atoms. The van der Waals surface area contributed by atoms with E-state index in [0.29, 0.717) is 6.04 Å². The van der Waals surface area contributed by atoms with E-state index < -0.39 is 0 Å². The molecule has 1 N–H and O–H groups in total. The van der Waals surface area contributed by atoms with E-state index in [4.69, 9.17) is 0 Å². The predicted molar refractivity (Wildman–Crippen MR) is 76.8 cm³/mol. The second-order valence-corrected chi connectivity index (χ2v) is 5.56. The van der Waals surface area contributed by atoms with Gasteiger partial charge in [0.2, 0.25) is 0 Å². The molecule has 2 rings (SSSR count). The van der Waals surface area contributed by atoms with Crippen molar-refractivity contribution in [3.63, 3.8) is 0 Å². The smallest absolute Gasteiger partial charge is 0.0443 e. The van der Waals surface area contributed by atoms with Crippen LogP contribution in [-0.4, -0.2) is 36.1 Å². The molecule has 1 saturated heterocycles. The summed E-state index contributed by atoms with van der Waals surface area (Å²) in [6.07, 6.45) is 7.63. The molecule has 0 radical (unpaired) electrons. The Labute approximate surface area is 111 Å². The van der Waals surface area contributed by atoms with Gasteiger partial charge in [0, 0.05) is 30.5 Å². The van der Waals surface area contributed by atoms with Crippen LogP contribution in [0.3, 0.4) is 0 Å². The van der Waals surface area contributed by atoms with E-state index in [1.54, 1.807) is 0 Å². The molecule has 3 heteroatoms. The molecule has 18 heavy (non-hydrogen) atoms. The summed E-state index contributed by atoms with van der Waals surface area (Å²) in [6, 6.07) is 5.60. The van der Waals surface area contributed by atoms with Gasteiger partial charge < -0.3 is 14.8 Å². The number of aryl methyl sites for hydroxylation is 1. The van der Waals surface area contributed by atoms with E-state index >= 15 is 0 Å². The fourth-order valence-electron chi connectivity index (χ4n) is 2.97. The van der Waals surface area contributed by atoms with Crippen LogP contribution in [-0.2, 0) is 6.54 Å². The van der Waals surface area contributed by atoms with Gasteiger partial charge in [0.1, 0.15) is 0 Å². The lowest BCUT2D eigenvalue weighted by Crippen LogP contribution is -2.36. The largest absolute Gasteiger partial charge is 0.350 e. The molecule has 0 amide bonds. The van der Waals surface area contributed by atoms with Crippen LogP contribution in [0.1, 0.15) is 44.3 Å². The van der Waals surface area contributed by atoms with Crippen LogP contribution in [0.15, 0.2) is 18.3 Å². The highest BCUT2D eigenvalue weighted by Crippen LogP contribution is 2.20. The van der Waals surface area contributed by atoms with Crippen LogP contribution in [0.25, 0.3) is 0 Å². The summed E-state index contributed by atoms with van der Waals surface area (Å²) in [7, 11) is 4.30. The molecule has 1 aromatic rings. The van der Waals surface area contributed by atoms with Crippen LogP contribution in [0.4, 0.5) is 0 Å². The normalized spacial score (nSPS) is 23.2. The average molecular weight is 249 g/mol. The highest BCUT2D eigenvalue weighted by atomic mass is 15.1. The van der Waals surface area contributed by atoms with Crippen molar-refractivity contribution >= 4 is 0 Å². The maximum absolute atomic E-state index is 3.32. The van der Waals surface area contributed by atoms with Crippen molar-refractivity contribution in [1.82, 2.24) is 14.8 Å². The van der Waals surface area contributed by atoms with E-state index in [-0.39, 0.29) is 0 Å². The SMILES string of the molecule is CNC(C)c1cccn1CCC1CCCCN1C. The molecular weight excluding hydrogens is 222 g/mol. The van der Waals surface area contributed by atoms with Crippen LogP contribution in [0.2, 0.25) is 0 Å². The number of nitrogens with zero attached hydrogens (tertiary/aromatic N) is 2. The maximum Gasteiger partial charge on any atom is 0.0443 e. The molecule has 2 heterocycles. The molecule has 1 aromatic heterocycles. The lowest BCUT2D eigenvalue weighted by molar-refractivity contribution is 0.170. The fraction of sp³-hybridized carbons (Fsp3) is 0.733. The fourth-order valence-corrected chi connectivity index (χ4v) is 2.97. The lowest BCUT2D eigenvalue weighted by atomic mass is 10.00. The quantitative estimate of drug-likeness (QED) is 0.865. The summed E-state index contributed by atoms with van der Waals surface area (Å²) < 4.78 is 2.41. The van der Waals surface area contributed by atoms with Gasteiger partial charge in [0.05, 0.1) is 0 Å². The molecule has 1 aliphatic heterocycles. The Kier molecular flexibility index (Phi) is 4.84. The third-order valence-corrected chi connectivity index (χ3v) is 4.37.